The Kier molecular flexibility index (Phi) is 8.69. The topological polar surface area (TPSA) is 115 Å². The molecule has 0 radical (unpaired) electrons. The van der Waals surface area contributed by atoms with E-state index in [1.165, 1.54) is 12.0 Å². The molecule has 10 heteroatoms. The first-order valence-electron chi connectivity index (χ1n) is 12.7. The molecule has 1 fully saturated rings. The van der Waals surface area contributed by atoms with Crippen molar-refractivity contribution >= 4 is 39.9 Å². The number of aliphatic hydroxyl groups is 1. The molecule has 1 aliphatic rings. The Balaban J connectivity index is 1.87. The number of aliphatic hydroxyl groups excluding tert-OH is 1. The Morgan fingerprint density at radius 2 is 1.82 bits per heavy atom. The molecule has 1 aliphatic heterocycles. The van der Waals surface area contributed by atoms with Crippen LogP contribution in [0.25, 0.3) is 5.76 Å². The smallest absolute Gasteiger partial charge is 0.350 e. The average Bonchev–Trinajstić information content (AvgIpc) is 3.46. The number of nitrogens with zero attached hydrogens (tertiary/aromatic N) is 2. The first-order chi connectivity index (χ1) is 19.2. The number of carbonyl (C=O) groups excluding carboxylic acids is 3. The Hall–Kier alpha value is -4.44. The van der Waals surface area contributed by atoms with Crippen molar-refractivity contribution in [2.75, 3.05) is 25.2 Å². The molecule has 1 amide bonds. The maximum absolute atomic E-state index is 13.5. The molecule has 40 heavy (non-hydrogen) atoms. The lowest BCUT2D eigenvalue weighted by molar-refractivity contribution is -0.132. The number of hydrogen-bond donors (Lipinski definition) is 1. The highest BCUT2D eigenvalue weighted by molar-refractivity contribution is 7.17. The number of hydrogen-bond acceptors (Lipinski definition) is 9. The van der Waals surface area contributed by atoms with Crippen molar-refractivity contribution in [3.8, 4) is 11.5 Å². The molecule has 9 nitrogen and oxygen atoms in total. The predicted molar refractivity (Wildman–Crippen MR) is 152 cm³/mol. The fourth-order valence-electron chi connectivity index (χ4n) is 4.37. The summed E-state index contributed by atoms with van der Waals surface area (Å²) in [5, 5.41) is 11.7. The molecule has 4 rings (SSSR count). The second-order valence-corrected chi connectivity index (χ2v) is 10.0. The van der Waals surface area contributed by atoms with E-state index in [9.17, 15) is 19.5 Å². The van der Waals surface area contributed by atoms with Crippen LogP contribution >= 0.6 is 11.3 Å². The molecule has 3 aromatic rings. The second kappa shape index (κ2) is 12.2. The maximum Gasteiger partial charge on any atom is 0.350 e. The van der Waals surface area contributed by atoms with Gasteiger partial charge < -0.3 is 19.3 Å². The Bertz CT molecular complexity index is 1490. The Labute approximate surface area is 236 Å². The van der Waals surface area contributed by atoms with Crippen molar-refractivity contribution in [2.24, 2.45) is 0 Å². The standard InChI is InChI=1S/C30H30N2O7S/c1-6-14-38-20-10-8-19(9-11-20)24-23(25(33)22-13-12-21(16-17(22)3)39-15-7-2)26(34)28(35)32(24)30-31-18(4)27(40-30)29(36)37-5/h6,8-13,16,24,33H,1,7,14-15H2,2-5H3/t24-/m0/s1. The van der Waals surface area contributed by atoms with Crippen LogP contribution in [0.15, 0.2) is 60.7 Å². The molecule has 208 valence electrons. The fraction of sp³-hybridized carbons (Fsp3) is 0.267. The number of aryl methyl sites for hydroxylation is 2. The minimum absolute atomic E-state index is 0.0949. The van der Waals surface area contributed by atoms with E-state index in [-0.39, 0.29) is 21.3 Å². The molecular formula is C30H30N2O7S. The summed E-state index contributed by atoms with van der Waals surface area (Å²) < 4.78 is 16.1. The lowest BCUT2D eigenvalue weighted by Crippen LogP contribution is -2.29. The number of aromatic nitrogens is 1. The number of amides is 1. The zero-order chi connectivity index (χ0) is 29.0. The number of esters is 1. The molecule has 1 N–H and O–H groups in total. The number of carbonyl (C=O) groups is 3. The fourth-order valence-corrected chi connectivity index (χ4v) is 5.38. The number of benzene rings is 2. The Morgan fingerprint density at radius 3 is 2.45 bits per heavy atom. The third-order valence-corrected chi connectivity index (χ3v) is 7.43. The van der Waals surface area contributed by atoms with Crippen molar-refractivity contribution < 1.29 is 33.7 Å². The summed E-state index contributed by atoms with van der Waals surface area (Å²) in [6, 6.07) is 11.0. The number of methoxy groups -OCH3 is 1. The summed E-state index contributed by atoms with van der Waals surface area (Å²) in [5.41, 5.74) is 1.87. The van der Waals surface area contributed by atoms with Gasteiger partial charge in [0.1, 0.15) is 28.7 Å². The van der Waals surface area contributed by atoms with Gasteiger partial charge in [-0.05, 0) is 61.7 Å². The molecule has 0 saturated carbocycles. The van der Waals surface area contributed by atoms with E-state index in [1.54, 1.807) is 62.4 Å². The van der Waals surface area contributed by atoms with Crippen LogP contribution in [-0.2, 0) is 14.3 Å². The van der Waals surface area contributed by atoms with Crippen LogP contribution in [0, 0.1) is 13.8 Å². The number of ketones is 1. The van der Waals surface area contributed by atoms with E-state index in [2.05, 4.69) is 11.6 Å². The summed E-state index contributed by atoms with van der Waals surface area (Å²) in [6.45, 7) is 9.91. The summed E-state index contributed by atoms with van der Waals surface area (Å²) in [7, 11) is 1.25. The van der Waals surface area contributed by atoms with Gasteiger partial charge in [0.15, 0.2) is 5.13 Å². The van der Waals surface area contributed by atoms with Gasteiger partial charge in [0.05, 0.1) is 31.0 Å². The Morgan fingerprint density at radius 1 is 1.12 bits per heavy atom. The van der Waals surface area contributed by atoms with Crippen LogP contribution in [0.1, 0.15) is 51.4 Å². The van der Waals surface area contributed by atoms with Crippen LogP contribution in [0.3, 0.4) is 0 Å². The lowest BCUT2D eigenvalue weighted by atomic mass is 9.94. The largest absolute Gasteiger partial charge is 0.507 e. The van der Waals surface area contributed by atoms with Crippen LogP contribution in [0.2, 0.25) is 0 Å². The highest BCUT2D eigenvalue weighted by atomic mass is 32.1. The van der Waals surface area contributed by atoms with Gasteiger partial charge in [-0.3, -0.25) is 14.5 Å². The number of ether oxygens (including phenoxy) is 3. The van der Waals surface area contributed by atoms with Crippen molar-refractivity contribution in [3.63, 3.8) is 0 Å². The second-order valence-electron chi connectivity index (χ2n) is 9.07. The van der Waals surface area contributed by atoms with Gasteiger partial charge >= 0.3 is 11.9 Å². The third kappa shape index (κ3) is 5.48. The normalized spacial score (nSPS) is 16.2. The van der Waals surface area contributed by atoms with Crippen LogP contribution in [0.5, 0.6) is 11.5 Å². The minimum Gasteiger partial charge on any atom is -0.507 e. The molecule has 1 saturated heterocycles. The van der Waals surface area contributed by atoms with Gasteiger partial charge in [0, 0.05) is 5.56 Å². The van der Waals surface area contributed by atoms with Gasteiger partial charge in [-0.25, -0.2) is 9.78 Å². The molecule has 2 heterocycles. The summed E-state index contributed by atoms with van der Waals surface area (Å²) in [6.07, 6.45) is 2.46. The minimum atomic E-state index is -1.01. The molecule has 1 atom stereocenters. The molecule has 0 bridgehead atoms. The number of Topliss-reactive ketones (excluding diaryl/α,β-unsaturated/α-hetero) is 1. The van der Waals surface area contributed by atoms with Gasteiger partial charge in [-0.2, -0.15) is 0 Å². The molecular weight excluding hydrogens is 532 g/mol. The van der Waals surface area contributed by atoms with E-state index < -0.39 is 23.7 Å². The van der Waals surface area contributed by atoms with E-state index in [1.807, 2.05) is 6.92 Å². The van der Waals surface area contributed by atoms with E-state index in [4.69, 9.17) is 14.2 Å². The first-order valence-corrected chi connectivity index (χ1v) is 13.5. The van der Waals surface area contributed by atoms with Crippen molar-refractivity contribution in [1.29, 1.82) is 0 Å². The lowest BCUT2D eigenvalue weighted by Gasteiger charge is -2.23. The van der Waals surface area contributed by atoms with E-state index in [0.717, 1.165) is 17.8 Å². The van der Waals surface area contributed by atoms with Gasteiger partial charge in [0.25, 0.3) is 5.78 Å². The molecule has 0 unspecified atom stereocenters. The van der Waals surface area contributed by atoms with Gasteiger partial charge in [-0.15, -0.1) is 0 Å². The van der Waals surface area contributed by atoms with Crippen molar-refractivity contribution in [3.05, 3.63) is 88.0 Å². The number of rotatable bonds is 10. The molecule has 2 aromatic carbocycles. The summed E-state index contributed by atoms with van der Waals surface area (Å²) in [5.74, 6) is -1.45. The van der Waals surface area contributed by atoms with Crippen LogP contribution < -0.4 is 14.4 Å². The monoisotopic (exact) mass is 562 g/mol. The number of thiazole rings is 1. The highest BCUT2D eigenvalue weighted by Crippen LogP contribution is 2.44. The quantitative estimate of drug-likeness (QED) is 0.113. The zero-order valence-electron chi connectivity index (χ0n) is 22.7. The predicted octanol–water partition coefficient (Wildman–Crippen LogP) is 5.53. The average molecular weight is 563 g/mol. The van der Waals surface area contributed by atoms with Crippen molar-refractivity contribution in [1.82, 2.24) is 4.98 Å². The van der Waals surface area contributed by atoms with Crippen LogP contribution in [-0.4, -0.2) is 48.1 Å². The summed E-state index contributed by atoms with van der Waals surface area (Å²) >= 11 is 0.941. The summed E-state index contributed by atoms with van der Waals surface area (Å²) in [4.78, 5) is 45.1. The third-order valence-electron chi connectivity index (χ3n) is 6.30. The SMILES string of the molecule is C=CCOc1ccc([C@H]2C(=C(O)c3ccc(OCCC)cc3C)C(=O)C(=O)N2c2nc(C)c(C(=O)OC)s2)cc1. The van der Waals surface area contributed by atoms with E-state index in [0.29, 0.717) is 47.1 Å². The van der Waals surface area contributed by atoms with Crippen molar-refractivity contribution in [2.45, 2.75) is 33.2 Å². The van der Waals surface area contributed by atoms with Gasteiger partial charge in [0.2, 0.25) is 0 Å². The zero-order valence-corrected chi connectivity index (χ0v) is 23.5. The highest BCUT2D eigenvalue weighted by Gasteiger charge is 2.48. The number of anilines is 1. The van der Waals surface area contributed by atoms with Gasteiger partial charge in [-0.1, -0.05) is 43.0 Å². The van der Waals surface area contributed by atoms with Crippen LogP contribution in [0.4, 0.5) is 5.13 Å². The molecule has 1 aromatic heterocycles. The maximum atomic E-state index is 13.5. The van der Waals surface area contributed by atoms with E-state index >= 15 is 0 Å². The first kappa shape index (κ1) is 28.6. The molecule has 0 aliphatic carbocycles. The molecule has 0 spiro atoms.